The monoisotopic (exact) mass is 490 g/mol. The standard InChI is InChI=1S/C28H31FN4O3/c1-2-12-31-13-11-24-21(16-31)23(30-33(24)25-6-4-3-5-22(25)29)17-32(15-19-7-8-19)28(34)20-9-10-26-27(14-20)36-18-35-26/h3-6,9-10,14,19H,2,7-8,11-13,15-18H2,1H3. The van der Waals surface area contributed by atoms with Crippen LogP contribution in [0.2, 0.25) is 0 Å². The third-order valence-electron chi connectivity index (χ3n) is 7.26. The molecule has 188 valence electrons. The summed E-state index contributed by atoms with van der Waals surface area (Å²) < 4.78 is 27.5. The molecule has 0 N–H and O–H groups in total. The molecule has 1 amide bonds. The molecule has 36 heavy (non-hydrogen) atoms. The van der Waals surface area contributed by atoms with Crippen molar-refractivity contribution in [3.05, 3.63) is 70.8 Å². The molecule has 8 heteroatoms. The van der Waals surface area contributed by atoms with Crippen molar-refractivity contribution in [2.24, 2.45) is 5.92 Å². The van der Waals surface area contributed by atoms with Crippen molar-refractivity contribution >= 4 is 5.91 Å². The topological polar surface area (TPSA) is 59.8 Å². The highest BCUT2D eigenvalue weighted by Gasteiger charge is 2.32. The maximum Gasteiger partial charge on any atom is 0.254 e. The number of ether oxygens (including phenoxy) is 2. The summed E-state index contributed by atoms with van der Waals surface area (Å²) in [7, 11) is 0. The van der Waals surface area contributed by atoms with Crippen LogP contribution in [0.15, 0.2) is 42.5 Å². The van der Waals surface area contributed by atoms with Crippen molar-refractivity contribution in [1.82, 2.24) is 19.6 Å². The first-order chi connectivity index (χ1) is 17.6. The van der Waals surface area contributed by atoms with E-state index in [1.54, 1.807) is 35.0 Å². The minimum absolute atomic E-state index is 0.0457. The molecule has 0 bridgehead atoms. The van der Waals surface area contributed by atoms with Crippen LogP contribution in [0.5, 0.6) is 11.5 Å². The van der Waals surface area contributed by atoms with Crippen LogP contribution in [0.4, 0.5) is 4.39 Å². The van der Waals surface area contributed by atoms with Gasteiger partial charge in [0.25, 0.3) is 5.91 Å². The minimum atomic E-state index is -0.295. The molecule has 7 nitrogen and oxygen atoms in total. The zero-order valence-electron chi connectivity index (χ0n) is 20.6. The van der Waals surface area contributed by atoms with Crippen LogP contribution in [-0.2, 0) is 19.5 Å². The van der Waals surface area contributed by atoms with Gasteiger partial charge in [0.1, 0.15) is 11.5 Å². The van der Waals surface area contributed by atoms with E-state index in [-0.39, 0.29) is 18.5 Å². The predicted molar refractivity (Wildman–Crippen MR) is 133 cm³/mol. The lowest BCUT2D eigenvalue weighted by Gasteiger charge is -2.28. The molecule has 0 spiro atoms. The Bertz CT molecular complexity index is 1290. The van der Waals surface area contributed by atoms with Crippen molar-refractivity contribution in [3.8, 4) is 17.2 Å². The first-order valence-corrected chi connectivity index (χ1v) is 12.9. The Kier molecular flexibility index (Phi) is 6.13. The lowest BCUT2D eigenvalue weighted by atomic mass is 10.0. The highest BCUT2D eigenvalue weighted by Crippen LogP contribution is 2.35. The molecule has 3 aromatic rings. The van der Waals surface area contributed by atoms with Gasteiger partial charge >= 0.3 is 0 Å². The molecular weight excluding hydrogens is 459 g/mol. The third kappa shape index (κ3) is 4.46. The SMILES string of the molecule is CCCN1CCc2c(c(CN(CC3CC3)C(=O)c3ccc4c(c3)OCO4)nn2-c2ccccc2F)C1. The van der Waals surface area contributed by atoms with E-state index < -0.39 is 0 Å². The summed E-state index contributed by atoms with van der Waals surface area (Å²) in [5, 5.41) is 4.93. The zero-order valence-corrected chi connectivity index (χ0v) is 20.6. The average Bonchev–Trinajstić information content (AvgIpc) is 3.46. The first-order valence-electron chi connectivity index (χ1n) is 12.9. The Labute approximate surface area is 210 Å². The van der Waals surface area contributed by atoms with Gasteiger partial charge in [0.15, 0.2) is 11.5 Å². The van der Waals surface area contributed by atoms with Crippen LogP contribution in [0.25, 0.3) is 5.69 Å². The van der Waals surface area contributed by atoms with E-state index in [1.807, 2.05) is 11.0 Å². The second-order valence-electron chi connectivity index (χ2n) is 9.96. The summed E-state index contributed by atoms with van der Waals surface area (Å²) in [6.45, 7) is 6.13. The maximum atomic E-state index is 14.8. The summed E-state index contributed by atoms with van der Waals surface area (Å²) >= 11 is 0. The van der Waals surface area contributed by atoms with Gasteiger partial charge in [-0.3, -0.25) is 9.69 Å². The molecule has 2 aliphatic heterocycles. The number of nitrogens with zero attached hydrogens (tertiary/aromatic N) is 4. The van der Waals surface area contributed by atoms with Crippen LogP contribution in [-0.4, -0.2) is 51.9 Å². The molecule has 1 fully saturated rings. The Morgan fingerprint density at radius 1 is 1.17 bits per heavy atom. The van der Waals surface area contributed by atoms with E-state index in [4.69, 9.17) is 14.6 Å². The number of para-hydroxylation sites is 1. The fraction of sp³-hybridized carbons (Fsp3) is 0.429. The van der Waals surface area contributed by atoms with Crippen LogP contribution in [0.3, 0.4) is 0 Å². The van der Waals surface area contributed by atoms with E-state index in [2.05, 4.69) is 11.8 Å². The number of amides is 1. The van der Waals surface area contributed by atoms with Gasteiger partial charge in [0.05, 0.1) is 17.9 Å². The number of aromatic nitrogens is 2. The third-order valence-corrected chi connectivity index (χ3v) is 7.26. The van der Waals surface area contributed by atoms with E-state index in [0.717, 1.165) is 62.3 Å². The highest BCUT2D eigenvalue weighted by molar-refractivity contribution is 5.95. The first kappa shape index (κ1) is 23.0. The number of hydrogen-bond donors (Lipinski definition) is 0. The Morgan fingerprint density at radius 3 is 2.81 bits per heavy atom. The number of benzene rings is 2. The minimum Gasteiger partial charge on any atom is -0.454 e. The van der Waals surface area contributed by atoms with Gasteiger partial charge in [0.2, 0.25) is 6.79 Å². The Balaban J connectivity index is 1.35. The number of halogens is 1. The summed E-state index contributed by atoms with van der Waals surface area (Å²) in [5.41, 5.74) is 4.06. The van der Waals surface area contributed by atoms with Gasteiger partial charge in [-0.1, -0.05) is 19.1 Å². The molecule has 1 aliphatic carbocycles. The van der Waals surface area contributed by atoms with Crippen molar-refractivity contribution in [1.29, 1.82) is 0 Å². The smallest absolute Gasteiger partial charge is 0.254 e. The zero-order chi connectivity index (χ0) is 24.6. The average molecular weight is 491 g/mol. The van der Waals surface area contributed by atoms with Gasteiger partial charge in [-0.05, 0) is 62.1 Å². The lowest BCUT2D eigenvalue weighted by Crippen LogP contribution is -2.34. The van der Waals surface area contributed by atoms with Gasteiger partial charge in [-0.2, -0.15) is 5.10 Å². The molecule has 6 rings (SSSR count). The fourth-order valence-electron chi connectivity index (χ4n) is 5.22. The molecule has 1 saturated carbocycles. The van der Waals surface area contributed by atoms with Crippen LogP contribution in [0, 0.1) is 11.7 Å². The number of carbonyl (C=O) groups is 1. The number of carbonyl (C=O) groups excluding carboxylic acids is 1. The van der Waals surface area contributed by atoms with Gasteiger partial charge < -0.3 is 14.4 Å². The number of hydrogen-bond acceptors (Lipinski definition) is 5. The molecule has 0 unspecified atom stereocenters. The normalized spacial score (nSPS) is 16.7. The van der Waals surface area contributed by atoms with Crippen molar-refractivity contribution < 1.29 is 18.7 Å². The summed E-state index contributed by atoms with van der Waals surface area (Å²) in [6, 6.07) is 12.1. The second kappa shape index (κ2) is 9.58. The van der Waals surface area contributed by atoms with Gasteiger partial charge in [-0.15, -0.1) is 0 Å². The van der Waals surface area contributed by atoms with Crippen LogP contribution >= 0.6 is 0 Å². The van der Waals surface area contributed by atoms with E-state index in [1.165, 1.54) is 6.07 Å². The molecule has 0 saturated heterocycles. The summed E-state index contributed by atoms with van der Waals surface area (Å²) in [6.07, 6.45) is 4.14. The summed E-state index contributed by atoms with van der Waals surface area (Å²) in [4.78, 5) is 18.0. The second-order valence-corrected chi connectivity index (χ2v) is 9.96. The fourth-order valence-corrected chi connectivity index (χ4v) is 5.22. The van der Waals surface area contributed by atoms with Crippen LogP contribution in [0.1, 0.15) is 53.5 Å². The van der Waals surface area contributed by atoms with Crippen molar-refractivity contribution in [2.75, 3.05) is 26.4 Å². The quantitative estimate of drug-likeness (QED) is 0.463. The number of rotatable bonds is 8. The van der Waals surface area contributed by atoms with E-state index in [9.17, 15) is 9.18 Å². The van der Waals surface area contributed by atoms with E-state index >= 15 is 0 Å². The molecule has 3 heterocycles. The molecular formula is C28H31FN4O3. The highest BCUT2D eigenvalue weighted by atomic mass is 19.1. The Morgan fingerprint density at radius 2 is 2.00 bits per heavy atom. The summed E-state index contributed by atoms with van der Waals surface area (Å²) in [5.74, 6) is 1.44. The lowest BCUT2D eigenvalue weighted by molar-refractivity contribution is 0.0731. The predicted octanol–water partition coefficient (Wildman–Crippen LogP) is 4.56. The number of fused-ring (bicyclic) bond motifs is 2. The van der Waals surface area contributed by atoms with Crippen molar-refractivity contribution in [2.45, 2.75) is 45.7 Å². The Hall–Kier alpha value is -3.39. The van der Waals surface area contributed by atoms with E-state index in [0.29, 0.717) is 41.8 Å². The van der Waals surface area contributed by atoms with Crippen LogP contribution < -0.4 is 9.47 Å². The van der Waals surface area contributed by atoms with Gasteiger partial charge in [0, 0.05) is 37.2 Å². The largest absolute Gasteiger partial charge is 0.454 e. The van der Waals surface area contributed by atoms with Gasteiger partial charge in [-0.25, -0.2) is 9.07 Å². The maximum absolute atomic E-state index is 14.8. The molecule has 3 aliphatic rings. The molecule has 1 aromatic heterocycles. The molecule has 0 radical (unpaired) electrons. The molecule has 2 aromatic carbocycles. The van der Waals surface area contributed by atoms with Crippen molar-refractivity contribution in [3.63, 3.8) is 0 Å². The molecule has 0 atom stereocenters.